The molecule has 0 aliphatic carbocycles. The van der Waals surface area contributed by atoms with E-state index in [4.69, 9.17) is 0 Å². The largest absolute Gasteiger partial charge is 0.332 e. The fourth-order valence-corrected chi connectivity index (χ4v) is 3.71. The zero-order chi connectivity index (χ0) is 15.4. The summed E-state index contributed by atoms with van der Waals surface area (Å²) in [6, 6.07) is 9.83. The summed E-state index contributed by atoms with van der Waals surface area (Å²) in [6.07, 6.45) is 0.298. The standard InChI is InChI=1S/C15H15N3O2S2/c19-13(6-7-18-8-9-21-15(18)20)17-14-16-12(10-22-14)11-4-2-1-3-5-11/h1-5,10H,6-9H2,(H,16,17,19). The maximum atomic E-state index is 11.9. The lowest BCUT2D eigenvalue weighted by Crippen LogP contribution is -2.27. The Morgan fingerprint density at radius 3 is 2.86 bits per heavy atom. The van der Waals surface area contributed by atoms with Crippen molar-refractivity contribution in [2.24, 2.45) is 0 Å². The number of carbonyl (C=O) groups excluding carboxylic acids is 2. The van der Waals surface area contributed by atoms with Gasteiger partial charge in [0.05, 0.1) is 5.69 Å². The molecule has 1 aromatic carbocycles. The molecular formula is C15H15N3O2S2. The molecule has 0 unspecified atom stereocenters. The number of hydrogen-bond donors (Lipinski definition) is 1. The lowest BCUT2D eigenvalue weighted by molar-refractivity contribution is -0.116. The molecule has 1 aliphatic rings. The maximum absolute atomic E-state index is 11.9. The molecule has 0 radical (unpaired) electrons. The number of anilines is 1. The van der Waals surface area contributed by atoms with Crippen molar-refractivity contribution >= 4 is 39.4 Å². The Labute approximate surface area is 136 Å². The van der Waals surface area contributed by atoms with Crippen LogP contribution in [0.15, 0.2) is 35.7 Å². The molecule has 5 nitrogen and oxygen atoms in total. The van der Waals surface area contributed by atoms with Crippen molar-refractivity contribution in [3.8, 4) is 11.3 Å². The lowest BCUT2D eigenvalue weighted by atomic mass is 10.2. The predicted octanol–water partition coefficient (Wildman–Crippen LogP) is 3.31. The van der Waals surface area contributed by atoms with Gasteiger partial charge in [0.15, 0.2) is 5.13 Å². The SMILES string of the molecule is O=C(CCN1CCSC1=O)Nc1nc(-c2ccccc2)cs1. The molecule has 1 aliphatic heterocycles. The van der Waals surface area contributed by atoms with E-state index in [0.29, 0.717) is 18.1 Å². The van der Waals surface area contributed by atoms with Crippen LogP contribution in [0.2, 0.25) is 0 Å². The summed E-state index contributed by atoms with van der Waals surface area (Å²) in [4.78, 5) is 29.5. The van der Waals surface area contributed by atoms with Crippen LogP contribution in [0.25, 0.3) is 11.3 Å². The molecule has 22 heavy (non-hydrogen) atoms. The fourth-order valence-electron chi connectivity index (χ4n) is 2.12. The second-order valence-electron chi connectivity index (χ2n) is 4.80. The van der Waals surface area contributed by atoms with E-state index in [1.54, 1.807) is 4.90 Å². The molecule has 1 aromatic heterocycles. The first-order chi connectivity index (χ1) is 10.7. The van der Waals surface area contributed by atoms with Gasteiger partial charge in [0.2, 0.25) is 5.91 Å². The molecule has 2 aromatic rings. The minimum atomic E-state index is -0.112. The number of benzene rings is 1. The number of hydrogen-bond acceptors (Lipinski definition) is 5. The van der Waals surface area contributed by atoms with Gasteiger partial charge in [-0.3, -0.25) is 9.59 Å². The molecule has 3 rings (SSSR count). The third kappa shape index (κ3) is 3.66. The third-order valence-electron chi connectivity index (χ3n) is 3.27. The van der Waals surface area contributed by atoms with Gasteiger partial charge in [-0.15, -0.1) is 11.3 Å². The van der Waals surface area contributed by atoms with Gasteiger partial charge in [-0.05, 0) is 0 Å². The van der Waals surface area contributed by atoms with E-state index in [2.05, 4.69) is 10.3 Å². The molecule has 2 heterocycles. The predicted molar refractivity (Wildman–Crippen MR) is 90.2 cm³/mol. The van der Waals surface area contributed by atoms with Crippen LogP contribution in [0.1, 0.15) is 6.42 Å². The topological polar surface area (TPSA) is 62.3 Å². The highest BCUT2D eigenvalue weighted by atomic mass is 32.2. The zero-order valence-electron chi connectivity index (χ0n) is 11.8. The van der Waals surface area contributed by atoms with Crippen LogP contribution in [-0.4, -0.2) is 39.9 Å². The van der Waals surface area contributed by atoms with E-state index in [0.717, 1.165) is 23.6 Å². The van der Waals surface area contributed by atoms with Crippen LogP contribution in [0.4, 0.5) is 9.93 Å². The summed E-state index contributed by atoms with van der Waals surface area (Å²) in [7, 11) is 0. The smallest absolute Gasteiger partial charge is 0.281 e. The average molecular weight is 333 g/mol. The molecule has 114 valence electrons. The van der Waals surface area contributed by atoms with Crippen LogP contribution in [0, 0.1) is 0 Å². The van der Waals surface area contributed by atoms with Crippen molar-refractivity contribution in [1.82, 2.24) is 9.88 Å². The van der Waals surface area contributed by atoms with Crippen LogP contribution < -0.4 is 5.32 Å². The summed E-state index contributed by atoms with van der Waals surface area (Å²) in [5.41, 5.74) is 1.88. The van der Waals surface area contributed by atoms with Gasteiger partial charge in [0.25, 0.3) is 5.24 Å². The van der Waals surface area contributed by atoms with Gasteiger partial charge in [-0.1, -0.05) is 42.1 Å². The first-order valence-corrected chi connectivity index (χ1v) is 8.81. The van der Waals surface area contributed by atoms with Crippen molar-refractivity contribution in [3.05, 3.63) is 35.7 Å². The van der Waals surface area contributed by atoms with Gasteiger partial charge in [0.1, 0.15) is 0 Å². The van der Waals surface area contributed by atoms with Gasteiger partial charge >= 0.3 is 0 Å². The Morgan fingerprint density at radius 2 is 2.14 bits per heavy atom. The van der Waals surface area contributed by atoms with E-state index < -0.39 is 0 Å². The van der Waals surface area contributed by atoms with Crippen molar-refractivity contribution in [1.29, 1.82) is 0 Å². The first kappa shape index (κ1) is 15.1. The molecule has 1 saturated heterocycles. The normalized spacial score (nSPS) is 14.4. The number of nitrogens with zero attached hydrogens (tertiary/aromatic N) is 2. The van der Waals surface area contributed by atoms with E-state index in [1.807, 2.05) is 35.7 Å². The Kier molecular flexibility index (Phi) is 4.74. The minimum absolute atomic E-state index is 0.0633. The van der Waals surface area contributed by atoms with Crippen molar-refractivity contribution in [2.75, 3.05) is 24.2 Å². The average Bonchev–Trinajstić information content (AvgIpc) is 3.15. The number of aromatic nitrogens is 1. The number of nitrogens with one attached hydrogen (secondary N) is 1. The van der Waals surface area contributed by atoms with Crippen molar-refractivity contribution in [3.63, 3.8) is 0 Å². The molecule has 2 amide bonds. The van der Waals surface area contributed by atoms with E-state index in [9.17, 15) is 9.59 Å². The van der Waals surface area contributed by atoms with Crippen LogP contribution in [-0.2, 0) is 4.79 Å². The van der Waals surface area contributed by atoms with Crippen LogP contribution >= 0.6 is 23.1 Å². The zero-order valence-corrected chi connectivity index (χ0v) is 13.5. The molecular weight excluding hydrogens is 318 g/mol. The summed E-state index contributed by atoms with van der Waals surface area (Å²) < 4.78 is 0. The highest BCUT2D eigenvalue weighted by Crippen LogP contribution is 2.24. The number of thiazole rings is 1. The summed E-state index contributed by atoms with van der Waals surface area (Å²) in [6.45, 7) is 1.20. The highest BCUT2D eigenvalue weighted by molar-refractivity contribution is 8.13. The van der Waals surface area contributed by atoms with E-state index >= 15 is 0 Å². The molecule has 0 atom stereocenters. The van der Waals surface area contributed by atoms with Crippen molar-refractivity contribution < 1.29 is 9.59 Å². The molecule has 1 fully saturated rings. The Morgan fingerprint density at radius 1 is 1.32 bits per heavy atom. The lowest BCUT2D eigenvalue weighted by Gasteiger charge is -2.13. The maximum Gasteiger partial charge on any atom is 0.281 e. The second-order valence-corrected chi connectivity index (χ2v) is 6.71. The Bertz CT molecular complexity index is 672. The molecule has 0 spiro atoms. The van der Waals surface area contributed by atoms with E-state index in [1.165, 1.54) is 23.1 Å². The molecule has 0 saturated carbocycles. The number of thioether (sulfide) groups is 1. The van der Waals surface area contributed by atoms with Gasteiger partial charge in [-0.25, -0.2) is 4.98 Å². The second kappa shape index (κ2) is 6.93. The number of carbonyl (C=O) groups is 2. The number of rotatable bonds is 5. The highest BCUT2D eigenvalue weighted by Gasteiger charge is 2.21. The number of amides is 2. The first-order valence-electron chi connectivity index (χ1n) is 6.95. The van der Waals surface area contributed by atoms with Crippen LogP contribution in [0.3, 0.4) is 0 Å². The monoisotopic (exact) mass is 333 g/mol. The molecule has 0 bridgehead atoms. The van der Waals surface area contributed by atoms with E-state index in [-0.39, 0.29) is 11.1 Å². The van der Waals surface area contributed by atoms with Gasteiger partial charge < -0.3 is 10.2 Å². The summed E-state index contributed by atoms with van der Waals surface area (Å²) in [5, 5.41) is 5.37. The third-order valence-corrected chi connectivity index (χ3v) is 4.92. The minimum Gasteiger partial charge on any atom is -0.332 e. The van der Waals surface area contributed by atoms with Gasteiger partial charge in [-0.2, -0.15) is 0 Å². The summed E-state index contributed by atoms with van der Waals surface area (Å²) in [5.74, 6) is 0.701. The summed E-state index contributed by atoms with van der Waals surface area (Å²) >= 11 is 2.71. The van der Waals surface area contributed by atoms with Crippen LogP contribution in [0.5, 0.6) is 0 Å². The molecule has 1 N–H and O–H groups in total. The fraction of sp³-hybridized carbons (Fsp3) is 0.267. The molecule has 7 heteroatoms. The Balaban J connectivity index is 1.54. The Hall–Kier alpha value is -1.86. The van der Waals surface area contributed by atoms with Gasteiger partial charge in [0, 0.05) is 36.2 Å². The quantitative estimate of drug-likeness (QED) is 0.912. The van der Waals surface area contributed by atoms with Crippen molar-refractivity contribution in [2.45, 2.75) is 6.42 Å².